The van der Waals surface area contributed by atoms with Crippen molar-refractivity contribution in [3.63, 3.8) is 0 Å². The molecule has 0 saturated carbocycles. The Morgan fingerprint density at radius 1 is 1.22 bits per heavy atom. The minimum atomic E-state index is -3.74. The number of rotatable bonds is 6. The van der Waals surface area contributed by atoms with E-state index < -0.39 is 10.0 Å². The highest BCUT2D eigenvalue weighted by Gasteiger charge is 2.39. The molecule has 0 bridgehead atoms. The van der Waals surface area contributed by atoms with Crippen molar-refractivity contribution in [2.75, 3.05) is 19.6 Å². The molecule has 0 N–H and O–H groups in total. The van der Waals surface area contributed by atoms with Crippen molar-refractivity contribution in [3.8, 4) is 0 Å². The molecule has 2 atom stereocenters. The molecule has 1 aliphatic heterocycles. The summed E-state index contributed by atoms with van der Waals surface area (Å²) in [5.41, 5.74) is 3.07. The average Bonchev–Trinajstić information content (AvgIpc) is 3.15. The highest BCUT2D eigenvalue weighted by Crippen LogP contribution is 2.30. The molecule has 1 aliphatic carbocycles. The molecule has 0 radical (unpaired) electrons. The highest BCUT2D eigenvalue weighted by molar-refractivity contribution is 7.89. The van der Waals surface area contributed by atoms with Gasteiger partial charge in [-0.1, -0.05) is 36.3 Å². The van der Waals surface area contributed by atoms with E-state index in [4.69, 9.17) is 4.52 Å². The van der Waals surface area contributed by atoms with Gasteiger partial charge >= 0.3 is 0 Å². The first-order chi connectivity index (χ1) is 15.3. The molecule has 0 spiro atoms. The van der Waals surface area contributed by atoms with Crippen LogP contribution < -0.4 is 0 Å². The van der Waals surface area contributed by atoms with E-state index >= 15 is 0 Å². The van der Waals surface area contributed by atoms with Gasteiger partial charge in [-0.25, -0.2) is 8.42 Å². The van der Waals surface area contributed by atoms with Crippen LogP contribution in [0.5, 0.6) is 0 Å². The number of carbonyl (C=O) groups is 1. The summed E-state index contributed by atoms with van der Waals surface area (Å²) < 4.78 is 33.1. The van der Waals surface area contributed by atoms with Gasteiger partial charge < -0.3 is 9.42 Å². The Morgan fingerprint density at radius 3 is 2.66 bits per heavy atom. The van der Waals surface area contributed by atoms with Crippen LogP contribution in [-0.4, -0.2) is 54.4 Å². The van der Waals surface area contributed by atoms with Gasteiger partial charge in [-0.15, -0.1) is 0 Å². The van der Waals surface area contributed by atoms with Crippen molar-refractivity contribution >= 4 is 15.9 Å². The monoisotopic (exact) mass is 459 g/mol. The maximum atomic E-state index is 13.7. The van der Waals surface area contributed by atoms with Gasteiger partial charge in [0, 0.05) is 25.7 Å². The molecule has 4 rings (SSSR count). The standard InChI is InChI=1S/C24H33N3O4S/c1-4-13-27(22-12-11-19-8-5-6-9-20(19)15-22)24(28)21-10-7-14-26(16-21)32(29,30)23-17(2)25-31-18(23)3/h5-6,8-9,21-22H,4,7,10-16H2,1-3H3. The van der Waals surface area contributed by atoms with Crippen molar-refractivity contribution < 1.29 is 17.7 Å². The van der Waals surface area contributed by atoms with Crippen molar-refractivity contribution in [2.45, 2.75) is 70.2 Å². The fraction of sp³-hybridized carbons (Fsp3) is 0.583. The van der Waals surface area contributed by atoms with Crippen LogP contribution in [0.15, 0.2) is 33.7 Å². The smallest absolute Gasteiger partial charge is 0.248 e. The van der Waals surface area contributed by atoms with Gasteiger partial charge in [-0.05, 0) is 63.5 Å². The van der Waals surface area contributed by atoms with Crippen LogP contribution in [0.4, 0.5) is 0 Å². The third-order valence-corrected chi connectivity index (χ3v) is 8.92. The summed E-state index contributed by atoms with van der Waals surface area (Å²) in [5, 5.41) is 3.81. The number of aryl methyl sites for hydroxylation is 3. The molecule has 1 fully saturated rings. The highest BCUT2D eigenvalue weighted by atomic mass is 32.2. The lowest BCUT2D eigenvalue weighted by Crippen LogP contribution is -2.51. The van der Waals surface area contributed by atoms with Crippen molar-refractivity contribution in [1.29, 1.82) is 0 Å². The zero-order chi connectivity index (χ0) is 22.9. The van der Waals surface area contributed by atoms with E-state index in [1.807, 2.05) is 4.90 Å². The van der Waals surface area contributed by atoms with Gasteiger partial charge in [-0.3, -0.25) is 4.79 Å². The number of carbonyl (C=O) groups excluding carboxylic acids is 1. The van der Waals surface area contributed by atoms with Crippen LogP contribution in [0.25, 0.3) is 0 Å². The third kappa shape index (κ3) is 4.35. The molecule has 1 aromatic heterocycles. The van der Waals surface area contributed by atoms with Crippen molar-refractivity contribution in [3.05, 3.63) is 46.8 Å². The maximum absolute atomic E-state index is 13.7. The molecule has 2 aromatic rings. The molecule has 1 saturated heterocycles. The largest absolute Gasteiger partial charge is 0.360 e. The SMILES string of the molecule is CCCN(C(=O)C1CCCN(S(=O)(=O)c2c(C)noc2C)C1)C1CCc2ccccc2C1. The first-order valence-corrected chi connectivity index (χ1v) is 13.1. The molecule has 8 heteroatoms. The molecule has 174 valence electrons. The second-order valence-electron chi connectivity index (χ2n) is 9.05. The Balaban J connectivity index is 1.52. The Morgan fingerprint density at radius 2 is 1.97 bits per heavy atom. The van der Waals surface area contributed by atoms with E-state index in [9.17, 15) is 13.2 Å². The van der Waals surface area contributed by atoms with Crippen LogP contribution in [0.2, 0.25) is 0 Å². The van der Waals surface area contributed by atoms with E-state index in [1.54, 1.807) is 13.8 Å². The zero-order valence-electron chi connectivity index (χ0n) is 19.2. The summed E-state index contributed by atoms with van der Waals surface area (Å²) in [6.45, 7) is 6.68. The van der Waals surface area contributed by atoms with E-state index in [0.717, 1.165) is 32.1 Å². The second kappa shape index (κ2) is 9.35. The number of piperidine rings is 1. The number of aromatic nitrogens is 1. The summed E-state index contributed by atoms with van der Waals surface area (Å²) in [6.07, 6.45) is 5.08. The molecular formula is C24H33N3O4S. The lowest BCUT2D eigenvalue weighted by molar-refractivity contribution is -0.139. The van der Waals surface area contributed by atoms with Gasteiger partial charge in [0.2, 0.25) is 15.9 Å². The summed E-state index contributed by atoms with van der Waals surface area (Å²) in [7, 11) is -3.74. The van der Waals surface area contributed by atoms with E-state index in [-0.39, 0.29) is 29.3 Å². The summed E-state index contributed by atoms with van der Waals surface area (Å²) in [5.74, 6) is 0.0713. The van der Waals surface area contributed by atoms with Gasteiger partial charge in [0.15, 0.2) is 5.76 Å². The van der Waals surface area contributed by atoms with E-state index in [2.05, 4.69) is 36.3 Å². The van der Waals surface area contributed by atoms with Crippen LogP contribution in [-0.2, 0) is 27.7 Å². The van der Waals surface area contributed by atoms with Crippen LogP contribution in [0.1, 0.15) is 55.2 Å². The Kier molecular flexibility index (Phi) is 6.72. The summed E-state index contributed by atoms with van der Waals surface area (Å²) in [6, 6.07) is 8.65. The lowest BCUT2D eigenvalue weighted by atomic mass is 9.86. The van der Waals surface area contributed by atoms with Gasteiger partial charge in [0.1, 0.15) is 10.6 Å². The zero-order valence-corrected chi connectivity index (χ0v) is 20.0. The van der Waals surface area contributed by atoms with Crippen LogP contribution in [0, 0.1) is 19.8 Å². The second-order valence-corrected chi connectivity index (χ2v) is 10.9. The minimum Gasteiger partial charge on any atom is -0.360 e. The quantitative estimate of drug-likeness (QED) is 0.660. The Hall–Kier alpha value is -2.19. The van der Waals surface area contributed by atoms with Gasteiger partial charge in [0.05, 0.1) is 5.92 Å². The predicted octanol–water partition coefficient (Wildman–Crippen LogP) is 3.49. The summed E-state index contributed by atoms with van der Waals surface area (Å²) in [4.78, 5) is 15.8. The van der Waals surface area contributed by atoms with Crippen molar-refractivity contribution in [1.82, 2.24) is 14.4 Å². The first kappa shape index (κ1) is 23.0. The van der Waals surface area contributed by atoms with Crippen molar-refractivity contribution in [2.24, 2.45) is 5.92 Å². The number of nitrogens with zero attached hydrogens (tertiary/aromatic N) is 3. The van der Waals surface area contributed by atoms with E-state index in [0.29, 0.717) is 31.0 Å². The van der Waals surface area contributed by atoms with Crippen LogP contribution >= 0.6 is 0 Å². The lowest BCUT2D eigenvalue weighted by Gasteiger charge is -2.39. The molecular weight excluding hydrogens is 426 g/mol. The number of hydrogen-bond acceptors (Lipinski definition) is 5. The number of benzene rings is 1. The molecule has 1 aromatic carbocycles. The van der Waals surface area contributed by atoms with Gasteiger partial charge in [-0.2, -0.15) is 4.31 Å². The number of hydrogen-bond donors (Lipinski definition) is 0. The van der Waals surface area contributed by atoms with Gasteiger partial charge in [0.25, 0.3) is 0 Å². The maximum Gasteiger partial charge on any atom is 0.248 e. The molecule has 7 nitrogen and oxygen atoms in total. The average molecular weight is 460 g/mol. The number of amides is 1. The van der Waals surface area contributed by atoms with E-state index in [1.165, 1.54) is 15.4 Å². The predicted molar refractivity (Wildman–Crippen MR) is 122 cm³/mol. The molecule has 2 unspecified atom stereocenters. The Bertz CT molecular complexity index is 1060. The molecule has 32 heavy (non-hydrogen) atoms. The Labute approximate surface area is 190 Å². The normalized spacial score (nSPS) is 21.8. The fourth-order valence-electron chi connectivity index (χ4n) is 5.23. The number of sulfonamides is 1. The van der Waals surface area contributed by atoms with Crippen LogP contribution in [0.3, 0.4) is 0 Å². The minimum absolute atomic E-state index is 0.0925. The molecule has 1 amide bonds. The molecule has 2 heterocycles. The summed E-state index contributed by atoms with van der Waals surface area (Å²) >= 11 is 0. The number of fused-ring (bicyclic) bond motifs is 1. The fourth-order valence-corrected chi connectivity index (χ4v) is 7.04. The topological polar surface area (TPSA) is 83.7 Å². The third-order valence-electron chi connectivity index (χ3n) is 6.81. The first-order valence-electron chi connectivity index (χ1n) is 11.6. The molecule has 2 aliphatic rings.